The Bertz CT molecular complexity index is 460. The van der Waals surface area contributed by atoms with E-state index in [1.165, 1.54) is 6.92 Å². The van der Waals surface area contributed by atoms with Gasteiger partial charge in [-0.1, -0.05) is 12.1 Å². The zero-order chi connectivity index (χ0) is 15.3. The Morgan fingerprint density at radius 1 is 1.30 bits per heavy atom. The number of nitrogens with one attached hydrogen (secondary N) is 2. The van der Waals surface area contributed by atoms with Crippen molar-refractivity contribution >= 4 is 17.3 Å². The quantitative estimate of drug-likeness (QED) is 0.873. The number of halogens is 3. The standard InChI is InChI=1S/C13H18F3N3O/c1-9(12(20)17-8-13(14,15)16)18-10-6-4-5-7-11(10)19(2)3/h4-7,9,18H,8H2,1-3H3,(H,17,20). The molecule has 4 nitrogen and oxygen atoms in total. The largest absolute Gasteiger partial charge is 0.405 e. The van der Waals surface area contributed by atoms with Gasteiger partial charge >= 0.3 is 6.18 Å². The minimum Gasteiger partial charge on any atom is -0.376 e. The number of hydrogen-bond donors (Lipinski definition) is 2. The van der Waals surface area contributed by atoms with E-state index in [1.807, 2.05) is 36.4 Å². The first-order chi connectivity index (χ1) is 9.20. The molecule has 0 bridgehead atoms. The van der Waals surface area contributed by atoms with Crippen LogP contribution in [0.5, 0.6) is 0 Å². The predicted octanol–water partition coefficient (Wildman–Crippen LogP) is 2.23. The first-order valence-electron chi connectivity index (χ1n) is 6.08. The number of hydrogen-bond acceptors (Lipinski definition) is 3. The molecule has 1 aromatic carbocycles. The molecule has 1 aromatic rings. The van der Waals surface area contributed by atoms with Crippen molar-refractivity contribution < 1.29 is 18.0 Å². The lowest BCUT2D eigenvalue weighted by Gasteiger charge is -2.21. The van der Waals surface area contributed by atoms with Crippen LogP contribution in [0.2, 0.25) is 0 Å². The molecular weight excluding hydrogens is 271 g/mol. The van der Waals surface area contributed by atoms with Crippen molar-refractivity contribution in [3.63, 3.8) is 0 Å². The summed E-state index contributed by atoms with van der Waals surface area (Å²) in [7, 11) is 3.68. The average Bonchev–Trinajstić information content (AvgIpc) is 2.35. The molecule has 1 unspecified atom stereocenters. The Hall–Kier alpha value is -1.92. The third-order valence-electron chi connectivity index (χ3n) is 2.61. The van der Waals surface area contributed by atoms with Gasteiger partial charge in [-0.15, -0.1) is 0 Å². The number of rotatable bonds is 5. The summed E-state index contributed by atoms with van der Waals surface area (Å²) < 4.78 is 36.1. The second kappa shape index (κ2) is 6.49. The summed E-state index contributed by atoms with van der Waals surface area (Å²) in [6.07, 6.45) is -4.41. The smallest absolute Gasteiger partial charge is 0.376 e. The lowest BCUT2D eigenvalue weighted by atomic mass is 10.2. The van der Waals surface area contributed by atoms with Gasteiger partial charge in [-0.3, -0.25) is 4.79 Å². The van der Waals surface area contributed by atoms with Crippen molar-refractivity contribution in [2.45, 2.75) is 19.1 Å². The fourth-order valence-electron chi connectivity index (χ4n) is 1.62. The molecule has 7 heteroatoms. The minimum absolute atomic E-state index is 0.687. The number of para-hydroxylation sites is 2. The highest BCUT2D eigenvalue weighted by atomic mass is 19.4. The van der Waals surface area contributed by atoms with E-state index in [2.05, 4.69) is 5.32 Å². The van der Waals surface area contributed by atoms with Gasteiger partial charge in [0.15, 0.2) is 0 Å². The Kier molecular flexibility index (Phi) is 5.24. The van der Waals surface area contributed by atoms with Crippen LogP contribution in [0.3, 0.4) is 0 Å². The van der Waals surface area contributed by atoms with Crippen molar-refractivity contribution in [2.24, 2.45) is 0 Å². The Morgan fingerprint density at radius 3 is 2.45 bits per heavy atom. The van der Waals surface area contributed by atoms with Gasteiger partial charge in [0.25, 0.3) is 0 Å². The maximum atomic E-state index is 12.0. The number of amides is 1. The minimum atomic E-state index is -4.41. The van der Waals surface area contributed by atoms with Crippen LogP contribution in [-0.4, -0.2) is 38.8 Å². The van der Waals surface area contributed by atoms with E-state index in [0.717, 1.165) is 5.69 Å². The van der Waals surface area contributed by atoms with Gasteiger partial charge in [0, 0.05) is 14.1 Å². The van der Waals surface area contributed by atoms with Gasteiger partial charge in [0.1, 0.15) is 12.6 Å². The molecule has 0 heterocycles. The topological polar surface area (TPSA) is 44.4 Å². The van der Waals surface area contributed by atoms with E-state index >= 15 is 0 Å². The molecule has 0 saturated heterocycles. The zero-order valence-electron chi connectivity index (χ0n) is 11.6. The van der Waals surface area contributed by atoms with Crippen LogP contribution in [0.15, 0.2) is 24.3 Å². The van der Waals surface area contributed by atoms with Crippen molar-refractivity contribution in [2.75, 3.05) is 30.9 Å². The Labute approximate surface area is 116 Å². The number of benzene rings is 1. The molecule has 1 rings (SSSR count). The number of alkyl halides is 3. The van der Waals surface area contributed by atoms with E-state index in [4.69, 9.17) is 0 Å². The van der Waals surface area contributed by atoms with Crippen LogP contribution >= 0.6 is 0 Å². The van der Waals surface area contributed by atoms with Crippen molar-refractivity contribution in [3.05, 3.63) is 24.3 Å². The molecular formula is C13H18F3N3O. The highest BCUT2D eigenvalue weighted by Gasteiger charge is 2.28. The monoisotopic (exact) mass is 289 g/mol. The van der Waals surface area contributed by atoms with E-state index in [1.54, 1.807) is 12.1 Å². The molecule has 1 atom stereocenters. The van der Waals surface area contributed by atoms with E-state index in [0.29, 0.717) is 5.69 Å². The lowest BCUT2D eigenvalue weighted by Crippen LogP contribution is -2.42. The maximum absolute atomic E-state index is 12.0. The van der Waals surface area contributed by atoms with Crippen LogP contribution in [0.4, 0.5) is 24.5 Å². The maximum Gasteiger partial charge on any atom is 0.405 e. The third kappa shape index (κ3) is 4.99. The van der Waals surface area contributed by atoms with E-state index in [9.17, 15) is 18.0 Å². The second-order valence-electron chi connectivity index (χ2n) is 4.61. The molecule has 20 heavy (non-hydrogen) atoms. The number of anilines is 2. The average molecular weight is 289 g/mol. The molecule has 0 spiro atoms. The Morgan fingerprint density at radius 2 is 1.90 bits per heavy atom. The highest BCUT2D eigenvalue weighted by molar-refractivity contribution is 5.85. The highest BCUT2D eigenvalue weighted by Crippen LogP contribution is 2.24. The molecule has 2 N–H and O–H groups in total. The van der Waals surface area contributed by atoms with E-state index < -0.39 is 24.7 Å². The summed E-state index contributed by atoms with van der Waals surface area (Å²) in [5, 5.41) is 4.76. The van der Waals surface area contributed by atoms with Crippen LogP contribution in [0, 0.1) is 0 Å². The second-order valence-corrected chi connectivity index (χ2v) is 4.61. The molecule has 0 aliphatic heterocycles. The summed E-state index contributed by atoms with van der Waals surface area (Å²) in [6.45, 7) is 0.186. The first-order valence-corrected chi connectivity index (χ1v) is 6.08. The number of carbonyl (C=O) groups excluding carboxylic acids is 1. The molecule has 0 fully saturated rings. The number of carbonyl (C=O) groups is 1. The fraction of sp³-hybridized carbons (Fsp3) is 0.462. The SMILES string of the molecule is CC(Nc1ccccc1N(C)C)C(=O)NCC(F)(F)F. The van der Waals surface area contributed by atoms with Crippen LogP contribution in [0.25, 0.3) is 0 Å². The molecule has 0 saturated carbocycles. The zero-order valence-corrected chi connectivity index (χ0v) is 11.6. The van der Waals surface area contributed by atoms with Crippen molar-refractivity contribution in [1.29, 1.82) is 0 Å². The van der Waals surface area contributed by atoms with Crippen molar-refractivity contribution in [3.8, 4) is 0 Å². The van der Waals surface area contributed by atoms with Gasteiger partial charge in [-0.05, 0) is 19.1 Å². The summed E-state index contributed by atoms with van der Waals surface area (Å²) >= 11 is 0. The summed E-state index contributed by atoms with van der Waals surface area (Å²) in [5.74, 6) is -0.698. The van der Waals surface area contributed by atoms with Gasteiger partial charge in [-0.25, -0.2) is 0 Å². The van der Waals surface area contributed by atoms with Gasteiger partial charge in [-0.2, -0.15) is 13.2 Å². The lowest BCUT2D eigenvalue weighted by molar-refractivity contribution is -0.138. The molecule has 0 aliphatic rings. The van der Waals surface area contributed by atoms with Crippen LogP contribution < -0.4 is 15.5 Å². The summed E-state index contributed by atoms with van der Waals surface area (Å²) in [4.78, 5) is 13.4. The molecule has 1 amide bonds. The molecule has 112 valence electrons. The van der Waals surface area contributed by atoms with Gasteiger partial charge < -0.3 is 15.5 Å². The van der Waals surface area contributed by atoms with Gasteiger partial charge in [0.05, 0.1) is 11.4 Å². The fourth-order valence-corrected chi connectivity index (χ4v) is 1.62. The third-order valence-corrected chi connectivity index (χ3v) is 2.61. The van der Waals surface area contributed by atoms with Crippen LogP contribution in [-0.2, 0) is 4.79 Å². The molecule has 0 radical (unpaired) electrons. The van der Waals surface area contributed by atoms with Crippen LogP contribution in [0.1, 0.15) is 6.92 Å². The van der Waals surface area contributed by atoms with Gasteiger partial charge in [0.2, 0.25) is 5.91 Å². The van der Waals surface area contributed by atoms with E-state index in [-0.39, 0.29) is 0 Å². The Balaban J connectivity index is 2.66. The number of nitrogens with zero attached hydrogens (tertiary/aromatic N) is 1. The normalized spacial score (nSPS) is 12.7. The molecule has 0 aromatic heterocycles. The summed E-state index contributed by atoms with van der Waals surface area (Å²) in [6, 6.07) is 6.48. The molecule has 0 aliphatic carbocycles. The first kappa shape index (κ1) is 16.1. The van der Waals surface area contributed by atoms with Crippen molar-refractivity contribution in [1.82, 2.24) is 5.32 Å². The predicted molar refractivity (Wildman–Crippen MR) is 72.9 cm³/mol. The summed E-state index contributed by atoms with van der Waals surface area (Å²) in [5.41, 5.74) is 1.54.